The highest BCUT2D eigenvalue weighted by Gasteiger charge is 2.36. The second-order valence-electron chi connectivity index (χ2n) is 6.38. The second kappa shape index (κ2) is 6.41. The van der Waals surface area contributed by atoms with E-state index in [2.05, 4.69) is 16.9 Å². The van der Waals surface area contributed by atoms with Crippen molar-refractivity contribution in [3.05, 3.63) is 28.8 Å². The summed E-state index contributed by atoms with van der Waals surface area (Å²) in [6.45, 7) is 1.98. The number of benzene rings is 1. The molecule has 0 bridgehead atoms. The third-order valence-electron chi connectivity index (χ3n) is 4.80. The highest BCUT2D eigenvalue weighted by atomic mass is 35.5. The van der Waals surface area contributed by atoms with Crippen LogP contribution in [-0.4, -0.2) is 37.2 Å². The van der Waals surface area contributed by atoms with Crippen molar-refractivity contribution < 1.29 is 9.53 Å². The first kappa shape index (κ1) is 15.5. The van der Waals surface area contributed by atoms with Gasteiger partial charge in [-0.05, 0) is 44.0 Å². The molecule has 1 aromatic carbocycles. The molecule has 3 rings (SSSR count). The number of likely N-dealkylation sites (N-methyl/N-ethyl adjacent to an activating group) is 1. The first-order valence-corrected chi connectivity index (χ1v) is 8.25. The highest BCUT2D eigenvalue weighted by Crippen LogP contribution is 2.44. The molecule has 1 aromatic rings. The molecule has 1 aliphatic carbocycles. The summed E-state index contributed by atoms with van der Waals surface area (Å²) in [6.07, 6.45) is 6.88. The van der Waals surface area contributed by atoms with Crippen LogP contribution in [0.5, 0.6) is 5.75 Å². The predicted molar refractivity (Wildman–Crippen MR) is 86.2 cm³/mol. The number of hydrogen-bond donors (Lipinski definition) is 0. The first-order chi connectivity index (χ1) is 10.6. The van der Waals surface area contributed by atoms with Crippen molar-refractivity contribution in [1.82, 2.24) is 4.90 Å². The van der Waals surface area contributed by atoms with E-state index < -0.39 is 5.54 Å². The van der Waals surface area contributed by atoms with Gasteiger partial charge < -0.3 is 9.64 Å². The molecule has 2 fully saturated rings. The van der Waals surface area contributed by atoms with Crippen molar-refractivity contribution in [2.45, 2.75) is 43.7 Å². The summed E-state index contributed by atoms with van der Waals surface area (Å²) < 4.78 is 6.01. The van der Waals surface area contributed by atoms with E-state index in [1.807, 2.05) is 18.2 Å². The molecule has 0 spiro atoms. The smallest absolute Gasteiger partial charge is 0.235 e. The van der Waals surface area contributed by atoms with E-state index >= 15 is 0 Å². The topological polar surface area (TPSA) is 41.9 Å². The summed E-state index contributed by atoms with van der Waals surface area (Å²) in [7, 11) is 2.09. The monoisotopic (exact) mass is 320 g/mol. The van der Waals surface area contributed by atoms with Crippen molar-refractivity contribution in [2.75, 3.05) is 20.1 Å². The van der Waals surface area contributed by atoms with Crippen molar-refractivity contribution in [2.24, 2.45) is 4.99 Å². The van der Waals surface area contributed by atoms with Crippen molar-refractivity contribution in [3.63, 3.8) is 0 Å². The average Bonchev–Trinajstić information content (AvgIpc) is 3.12. The lowest BCUT2D eigenvalue weighted by Crippen LogP contribution is -2.22. The van der Waals surface area contributed by atoms with Gasteiger partial charge in [-0.2, -0.15) is 4.99 Å². The van der Waals surface area contributed by atoms with Gasteiger partial charge in [-0.3, -0.25) is 0 Å². The number of hydrogen-bond acceptors (Lipinski definition) is 4. The summed E-state index contributed by atoms with van der Waals surface area (Å²) in [5.74, 6) is 0.717. The molecule has 0 amide bonds. The van der Waals surface area contributed by atoms with Gasteiger partial charge >= 0.3 is 0 Å². The van der Waals surface area contributed by atoms with E-state index in [-0.39, 0.29) is 6.10 Å². The highest BCUT2D eigenvalue weighted by molar-refractivity contribution is 6.32. The maximum Gasteiger partial charge on any atom is 0.235 e. The maximum atomic E-state index is 10.8. The molecule has 5 heteroatoms. The summed E-state index contributed by atoms with van der Waals surface area (Å²) in [4.78, 5) is 17.1. The predicted octanol–water partition coefficient (Wildman–Crippen LogP) is 3.53. The van der Waals surface area contributed by atoms with E-state index in [1.54, 1.807) is 6.08 Å². The van der Waals surface area contributed by atoms with E-state index in [9.17, 15) is 4.79 Å². The summed E-state index contributed by atoms with van der Waals surface area (Å²) in [5, 5.41) is 0.597. The van der Waals surface area contributed by atoms with Gasteiger partial charge in [0.1, 0.15) is 11.9 Å². The zero-order valence-electron chi connectivity index (χ0n) is 12.8. The molecular formula is C17H21ClN2O2. The molecule has 1 saturated carbocycles. The van der Waals surface area contributed by atoms with E-state index in [0.717, 1.165) is 50.8 Å². The molecule has 1 aliphatic heterocycles. The van der Waals surface area contributed by atoms with Crippen LogP contribution in [0.4, 0.5) is 0 Å². The Balaban J connectivity index is 1.81. The Labute approximate surface area is 136 Å². The standard InChI is InChI=1S/C17H21ClN2O2/c1-20-9-6-14(11-20)22-16-5-4-13(10-15(16)18)17(19-12-21)7-2-3-8-17/h4-5,10,14H,2-3,6-9,11H2,1H3. The number of rotatable bonds is 4. The Morgan fingerprint density at radius 1 is 1.41 bits per heavy atom. The van der Waals surface area contributed by atoms with Crippen LogP contribution in [0, 0.1) is 0 Å². The van der Waals surface area contributed by atoms with Gasteiger partial charge in [0.05, 0.1) is 10.6 Å². The number of likely N-dealkylation sites (tertiary alicyclic amines) is 1. The van der Waals surface area contributed by atoms with E-state index in [0.29, 0.717) is 10.8 Å². The molecule has 0 aromatic heterocycles. The molecule has 1 atom stereocenters. The van der Waals surface area contributed by atoms with Gasteiger partial charge in [-0.15, -0.1) is 0 Å². The number of isocyanates is 1. The lowest BCUT2D eigenvalue weighted by Gasteiger charge is -2.24. The zero-order valence-corrected chi connectivity index (χ0v) is 13.6. The van der Waals surface area contributed by atoms with Crippen LogP contribution in [0.1, 0.15) is 37.7 Å². The number of aliphatic imine (C=N–C) groups is 1. The van der Waals surface area contributed by atoms with Crippen LogP contribution in [0.15, 0.2) is 23.2 Å². The molecule has 1 saturated heterocycles. The summed E-state index contributed by atoms with van der Waals surface area (Å²) >= 11 is 6.41. The molecule has 1 unspecified atom stereocenters. The number of nitrogens with zero attached hydrogens (tertiary/aromatic N) is 2. The van der Waals surface area contributed by atoms with Crippen LogP contribution in [0.2, 0.25) is 5.02 Å². The molecule has 4 nitrogen and oxygen atoms in total. The first-order valence-electron chi connectivity index (χ1n) is 7.87. The van der Waals surface area contributed by atoms with Gasteiger partial charge in [0.25, 0.3) is 0 Å². The molecule has 0 radical (unpaired) electrons. The molecule has 0 N–H and O–H groups in total. The maximum absolute atomic E-state index is 10.8. The molecular weight excluding hydrogens is 300 g/mol. The number of carbonyl (C=O) groups excluding carboxylic acids is 1. The normalized spacial score (nSPS) is 24.2. The van der Waals surface area contributed by atoms with Crippen LogP contribution in [-0.2, 0) is 10.3 Å². The minimum Gasteiger partial charge on any atom is -0.487 e. The zero-order chi connectivity index (χ0) is 15.6. The largest absolute Gasteiger partial charge is 0.487 e. The lowest BCUT2D eigenvalue weighted by atomic mass is 9.89. The van der Waals surface area contributed by atoms with Gasteiger partial charge in [-0.1, -0.05) is 30.5 Å². The number of ether oxygens (including phenoxy) is 1. The second-order valence-corrected chi connectivity index (χ2v) is 6.78. The fraction of sp³-hybridized carbons (Fsp3) is 0.588. The molecule has 118 valence electrons. The number of halogens is 1. The van der Waals surface area contributed by atoms with E-state index in [1.165, 1.54) is 0 Å². The summed E-state index contributed by atoms with van der Waals surface area (Å²) in [6, 6.07) is 5.81. The minimum atomic E-state index is -0.433. The summed E-state index contributed by atoms with van der Waals surface area (Å²) in [5.41, 5.74) is 0.562. The fourth-order valence-electron chi connectivity index (χ4n) is 3.57. The van der Waals surface area contributed by atoms with Crippen molar-refractivity contribution >= 4 is 17.7 Å². The quantitative estimate of drug-likeness (QED) is 0.629. The SMILES string of the molecule is CN1CCC(Oc2ccc(C3(N=C=O)CCCC3)cc2Cl)C1. The Morgan fingerprint density at radius 2 is 2.18 bits per heavy atom. The fourth-order valence-corrected chi connectivity index (χ4v) is 3.79. The van der Waals surface area contributed by atoms with Gasteiger partial charge in [0, 0.05) is 13.1 Å². The Hall–Kier alpha value is -1.35. The van der Waals surface area contributed by atoms with Crippen LogP contribution >= 0.6 is 11.6 Å². The van der Waals surface area contributed by atoms with Crippen LogP contribution in [0.25, 0.3) is 0 Å². The van der Waals surface area contributed by atoms with Gasteiger partial charge in [0.15, 0.2) is 0 Å². The minimum absolute atomic E-state index is 0.196. The Bertz CT molecular complexity index is 592. The van der Waals surface area contributed by atoms with Crippen LogP contribution < -0.4 is 4.74 Å². The average molecular weight is 321 g/mol. The third kappa shape index (κ3) is 3.05. The molecule has 2 aliphatic rings. The van der Waals surface area contributed by atoms with Gasteiger partial charge in [-0.25, -0.2) is 4.79 Å². The van der Waals surface area contributed by atoms with Crippen molar-refractivity contribution in [1.29, 1.82) is 0 Å². The van der Waals surface area contributed by atoms with Gasteiger partial charge in [0.2, 0.25) is 6.08 Å². The van der Waals surface area contributed by atoms with Crippen molar-refractivity contribution in [3.8, 4) is 5.75 Å². The lowest BCUT2D eigenvalue weighted by molar-refractivity contribution is 0.208. The van der Waals surface area contributed by atoms with E-state index in [4.69, 9.17) is 16.3 Å². The Morgan fingerprint density at radius 3 is 2.77 bits per heavy atom. The molecule has 1 heterocycles. The third-order valence-corrected chi connectivity index (χ3v) is 5.10. The van der Waals surface area contributed by atoms with Crippen LogP contribution in [0.3, 0.4) is 0 Å². The Kier molecular flexibility index (Phi) is 4.53. The molecule has 22 heavy (non-hydrogen) atoms.